The molecule has 0 saturated heterocycles. The molecule has 1 aromatic carbocycles. The van der Waals surface area contributed by atoms with Gasteiger partial charge in [-0.05, 0) is 33.3 Å². The van der Waals surface area contributed by atoms with Crippen LogP contribution in [0.1, 0.15) is 57.8 Å². The third kappa shape index (κ3) is 4.95. The van der Waals surface area contributed by atoms with Gasteiger partial charge < -0.3 is 14.2 Å². The van der Waals surface area contributed by atoms with Crippen molar-refractivity contribution in [3.8, 4) is 0 Å². The molecule has 1 unspecified atom stereocenters. The quantitative estimate of drug-likeness (QED) is 0.353. The topological polar surface area (TPSA) is 96.7 Å². The molecule has 32 heavy (non-hydrogen) atoms. The van der Waals surface area contributed by atoms with Crippen LogP contribution in [0, 0.1) is 0 Å². The van der Waals surface area contributed by atoms with Gasteiger partial charge in [-0.1, -0.05) is 18.2 Å². The molecule has 0 radical (unpaired) electrons. The standard InChI is InChI=1S/C23H26N2O6S/c1-14(31-11-10-23(2,3)30-5)21(27)25-12-16(15-8-6-7-9-18(15)25)19(26)20-24-17(13-32-20)22(28)29-4/h6-9,12-14H,10-11H2,1-5H3. The van der Waals surface area contributed by atoms with Crippen LogP contribution in [-0.4, -0.2) is 59.7 Å². The van der Waals surface area contributed by atoms with Crippen molar-refractivity contribution < 1.29 is 28.6 Å². The van der Waals surface area contributed by atoms with Crippen molar-refractivity contribution in [1.29, 1.82) is 0 Å². The molecule has 8 nitrogen and oxygen atoms in total. The first-order valence-corrected chi connectivity index (χ1v) is 11.0. The van der Waals surface area contributed by atoms with Crippen molar-refractivity contribution in [2.75, 3.05) is 20.8 Å². The number of fused-ring (bicyclic) bond motifs is 1. The number of ether oxygens (including phenoxy) is 3. The van der Waals surface area contributed by atoms with Crippen LogP contribution in [0.2, 0.25) is 0 Å². The molecule has 2 aromatic heterocycles. The van der Waals surface area contributed by atoms with E-state index in [1.165, 1.54) is 23.3 Å². The molecule has 3 aromatic rings. The van der Waals surface area contributed by atoms with Crippen molar-refractivity contribution in [2.45, 2.75) is 38.9 Å². The molecule has 170 valence electrons. The van der Waals surface area contributed by atoms with Gasteiger partial charge >= 0.3 is 5.97 Å². The Morgan fingerprint density at radius 3 is 2.59 bits per heavy atom. The minimum Gasteiger partial charge on any atom is -0.464 e. The van der Waals surface area contributed by atoms with Crippen LogP contribution >= 0.6 is 11.3 Å². The number of esters is 1. The van der Waals surface area contributed by atoms with Crippen LogP contribution in [-0.2, 0) is 14.2 Å². The second kappa shape index (κ2) is 9.72. The average Bonchev–Trinajstić information content (AvgIpc) is 3.43. The zero-order valence-electron chi connectivity index (χ0n) is 18.7. The van der Waals surface area contributed by atoms with E-state index in [9.17, 15) is 14.4 Å². The molecule has 0 aliphatic rings. The first kappa shape index (κ1) is 23.8. The highest BCUT2D eigenvalue weighted by atomic mass is 32.1. The third-order valence-corrected chi connectivity index (χ3v) is 6.10. The monoisotopic (exact) mass is 458 g/mol. The maximum atomic E-state index is 13.1. The number of ketones is 1. The molecule has 0 N–H and O–H groups in total. The maximum Gasteiger partial charge on any atom is 0.357 e. The molecule has 0 bridgehead atoms. The molecule has 3 rings (SSSR count). The Morgan fingerprint density at radius 2 is 1.91 bits per heavy atom. The Hall–Kier alpha value is -2.88. The van der Waals surface area contributed by atoms with E-state index >= 15 is 0 Å². The zero-order valence-corrected chi connectivity index (χ0v) is 19.5. The van der Waals surface area contributed by atoms with E-state index in [-0.39, 0.29) is 28.0 Å². The number of thiazole rings is 1. The number of hydrogen-bond acceptors (Lipinski definition) is 8. The summed E-state index contributed by atoms with van der Waals surface area (Å²) >= 11 is 1.05. The first-order valence-electron chi connectivity index (χ1n) is 10.1. The average molecular weight is 459 g/mol. The van der Waals surface area contributed by atoms with E-state index in [1.807, 2.05) is 13.8 Å². The summed E-state index contributed by atoms with van der Waals surface area (Å²) in [5.41, 5.74) is 0.645. The third-order valence-electron chi connectivity index (χ3n) is 5.26. The smallest absolute Gasteiger partial charge is 0.357 e. The van der Waals surface area contributed by atoms with Gasteiger partial charge in [-0.15, -0.1) is 11.3 Å². The summed E-state index contributed by atoms with van der Waals surface area (Å²) in [6.07, 6.45) is 1.42. The highest BCUT2D eigenvalue weighted by Gasteiger charge is 2.25. The number of aromatic nitrogens is 2. The van der Waals surface area contributed by atoms with Gasteiger partial charge in [0.25, 0.3) is 5.91 Å². The predicted octanol–water partition coefficient (Wildman–Crippen LogP) is 3.98. The van der Waals surface area contributed by atoms with Crippen molar-refractivity contribution in [2.24, 2.45) is 0 Å². The number of para-hydroxylation sites is 1. The minimum atomic E-state index is -0.716. The van der Waals surface area contributed by atoms with Gasteiger partial charge in [-0.25, -0.2) is 9.78 Å². The van der Waals surface area contributed by atoms with Gasteiger partial charge in [0.1, 0.15) is 6.10 Å². The van der Waals surface area contributed by atoms with Crippen molar-refractivity contribution in [3.05, 3.63) is 52.1 Å². The molecule has 2 heterocycles. The summed E-state index contributed by atoms with van der Waals surface area (Å²) in [4.78, 5) is 42.0. The van der Waals surface area contributed by atoms with E-state index in [0.29, 0.717) is 29.5 Å². The van der Waals surface area contributed by atoms with Gasteiger partial charge in [0.05, 0.1) is 30.4 Å². The van der Waals surface area contributed by atoms with Crippen molar-refractivity contribution in [3.63, 3.8) is 0 Å². The van der Waals surface area contributed by atoms with Crippen LogP contribution < -0.4 is 0 Å². The Balaban J connectivity index is 1.87. The summed E-state index contributed by atoms with van der Waals surface area (Å²) < 4.78 is 17.2. The normalized spacial score (nSPS) is 12.7. The predicted molar refractivity (Wildman–Crippen MR) is 121 cm³/mol. The van der Waals surface area contributed by atoms with Crippen LogP contribution in [0.5, 0.6) is 0 Å². The highest BCUT2D eigenvalue weighted by molar-refractivity contribution is 7.12. The molecule has 0 fully saturated rings. The molecule has 9 heteroatoms. The molecule has 0 amide bonds. The number of nitrogens with zero attached hydrogens (tertiary/aromatic N) is 2. The fraction of sp³-hybridized carbons (Fsp3) is 0.391. The lowest BCUT2D eigenvalue weighted by Gasteiger charge is -2.23. The Labute approximate surface area is 190 Å². The molecule has 0 aliphatic heterocycles. The van der Waals surface area contributed by atoms with Crippen LogP contribution in [0.3, 0.4) is 0 Å². The van der Waals surface area contributed by atoms with Crippen LogP contribution in [0.4, 0.5) is 0 Å². The van der Waals surface area contributed by atoms with E-state index in [1.54, 1.807) is 38.3 Å². The first-order chi connectivity index (χ1) is 15.2. The summed E-state index contributed by atoms with van der Waals surface area (Å²) in [5.74, 6) is -1.27. The lowest BCUT2D eigenvalue weighted by Crippen LogP contribution is -2.30. The number of methoxy groups -OCH3 is 2. The van der Waals surface area contributed by atoms with Crippen molar-refractivity contribution >= 4 is 39.9 Å². The Bertz CT molecular complexity index is 1150. The SMILES string of the molecule is COC(=O)c1csc(C(=O)c2cn(C(=O)C(C)OCCC(C)(C)OC)c3ccccc23)n1. The van der Waals surface area contributed by atoms with E-state index in [0.717, 1.165) is 11.3 Å². The molecule has 0 saturated carbocycles. The summed E-state index contributed by atoms with van der Waals surface area (Å²) in [6, 6.07) is 7.13. The zero-order chi connectivity index (χ0) is 23.5. The van der Waals surface area contributed by atoms with E-state index in [2.05, 4.69) is 9.72 Å². The van der Waals surface area contributed by atoms with Crippen molar-refractivity contribution in [1.82, 2.24) is 9.55 Å². The number of rotatable bonds is 9. The van der Waals surface area contributed by atoms with Gasteiger partial charge in [0.15, 0.2) is 10.7 Å². The second-order valence-electron chi connectivity index (χ2n) is 7.85. The summed E-state index contributed by atoms with van der Waals surface area (Å²) in [5, 5.41) is 2.24. The second-order valence-corrected chi connectivity index (χ2v) is 8.71. The summed E-state index contributed by atoms with van der Waals surface area (Å²) in [6.45, 7) is 5.94. The Morgan fingerprint density at radius 1 is 1.19 bits per heavy atom. The van der Waals surface area contributed by atoms with Crippen LogP contribution in [0.15, 0.2) is 35.8 Å². The van der Waals surface area contributed by atoms with Gasteiger partial charge in [0, 0.05) is 24.1 Å². The largest absolute Gasteiger partial charge is 0.464 e. The number of hydrogen-bond donors (Lipinski definition) is 0. The molecule has 1 atom stereocenters. The Kier molecular flexibility index (Phi) is 7.22. The van der Waals surface area contributed by atoms with Gasteiger partial charge in [-0.2, -0.15) is 0 Å². The van der Waals surface area contributed by atoms with Gasteiger partial charge in [-0.3, -0.25) is 14.2 Å². The highest BCUT2D eigenvalue weighted by Crippen LogP contribution is 2.26. The molecular weight excluding hydrogens is 432 g/mol. The fourth-order valence-corrected chi connectivity index (χ4v) is 3.83. The molecular formula is C23H26N2O6S. The lowest BCUT2D eigenvalue weighted by molar-refractivity contribution is -0.0212. The number of carbonyl (C=O) groups is 3. The maximum absolute atomic E-state index is 13.1. The van der Waals surface area contributed by atoms with E-state index < -0.39 is 12.1 Å². The van der Waals surface area contributed by atoms with E-state index in [4.69, 9.17) is 9.47 Å². The van der Waals surface area contributed by atoms with Crippen LogP contribution in [0.25, 0.3) is 10.9 Å². The minimum absolute atomic E-state index is 0.0710. The summed E-state index contributed by atoms with van der Waals surface area (Å²) in [7, 11) is 2.89. The fourth-order valence-electron chi connectivity index (χ4n) is 3.09. The number of benzene rings is 1. The molecule has 0 spiro atoms. The number of carbonyl (C=O) groups excluding carboxylic acids is 3. The van der Waals surface area contributed by atoms with Gasteiger partial charge in [0.2, 0.25) is 5.78 Å². The lowest BCUT2D eigenvalue weighted by atomic mass is 10.1. The molecule has 0 aliphatic carbocycles.